The molecule has 3 amide bonds. The highest BCUT2D eigenvalue weighted by Gasteiger charge is 2.39. The number of morpholine rings is 1. The van der Waals surface area contributed by atoms with E-state index in [-0.39, 0.29) is 16.8 Å². The monoisotopic (exact) mass is 455 g/mol. The van der Waals surface area contributed by atoms with Crippen LogP contribution in [0.15, 0.2) is 42.5 Å². The van der Waals surface area contributed by atoms with Crippen LogP contribution in [0.3, 0.4) is 0 Å². The number of imide groups is 1. The molecule has 3 aliphatic rings. The summed E-state index contributed by atoms with van der Waals surface area (Å²) in [7, 11) is 0. The van der Waals surface area contributed by atoms with Gasteiger partial charge in [0, 0.05) is 61.3 Å². The maximum absolute atomic E-state index is 13.3. The molecule has 33 heavy (non-hydrogen) atoms. The smallest absolute Gasteiger partial charge is 0.255 e. The quantitative estimate of drug-likeness (QED) is 0.647. The molecule has 1 atom stereocenters. The molecule has 3 heterocycles. The number of carbonyl (C=O) groups is 3. The summed E-state index contributed by atoms with van der Waals surface area (Å²) in [4.78, 5) is 40.9. The molecule has 8 heteroatoms. The van der Waals surface area contributed by atoms with Crippen LogP contribution in [0.25, 0.3) is 0 Å². The molecule has 0 radical (unpaired) electrons. The zero-order valence-corrected chi connectivity index (χ0v) is 17.8. The van der Waals surface area contributed by atoms with Gasteiger partial charge < -0.3 is 15.0 Å². The molecular formula is C25H28N4O4. The van der Waals surface area contributed by atoms with Gasteiger partial charge in [0.1, 0.15) is 6.02 Å². The van der Waals surface area contributed by atoms with Crippen molar-refractivity contribution in [1.82, 2.24) is 15.1 Å². The molecule has 2 aromatic carbocycles. The van der Waals surface area contributed by atoms with Crippen LogP contribution in [0.5, 0.6) is 0 Å². The van der Waals surface area contributed by atoms with Crippen molar-refractivity contribution in [3.63, 3.8) is 0 Å². The summed E-state index contributed by atoms with van der Waals surface area (Å²) in [6.07, 6.45) is -6.66. The predicted octanol–water partition coefficient (Wildman–Crippen LogP) is 1.89. The van der Waals surface area contributed by atoms with Crippen molar-refractivity contribution in [1.29, 1.82) is 0 Å². The van der Waals surface area contributed by atoms with E-state index in [1.165, 1.54) is 18.2 Å². The summed E-state index contributed by atoms with van der Waals surface area (Å²) in [5.41, 5.74) is 1.75. The van der Waals surface area contributed by atoms with E-state index in [1.54, 1.807) is 17.4 Å². The first-order valence-corrected chi connectivity index (χ1v) is 10.7. The lowest BCUT2D eigenvalue weighted by atomic mass is 10.0. The van der Waals surface area contributed by atoms with E-state index in [0.717, 1.165) is 18.7 Å². The molecule has 0 spiro atoms. The van der Waals surface area contributed by atoms with Crippen LogP contribution in [0.2, 0.25) is 0 Å². The van der Waals surface area contributed by atoms with Crippen molar-refractivity contribution in [2.45, 2.75) is 38.4 Å². The zero-order chi connectivity index (χ0) is 29.1. The van der Waals surface area contributed by atoms with Gasteiger partial charge in [-0.3, -0.25) is 24.6 Å². The Bertz CT molecular complexity index is 1370. The minimum Gasteiger partial charge on any atom is -0.381 e. The standard InChI is InChI=1S/C25H28N4O4/c30-23-9-8-22(24(31)27-23)29-16-20-19(25(29)32)2-1-3-21(20)26-14-17-4-6-18(7-5-17)15-28-10-12-33-13-11-28/h1-7,22,26H,8-16H2,(H,27,30,31)/t22-/m0/s1/i8D2,9D2,14D2,22D. The number of piperidine rings is 1. The van der Waals surface area contributed by atoms with Gasteiger partial charge in [-0.1, -0.05) is 30.3 Å². The van der Waals surface area contributed by atoms with Crippen LogP contribution < -0.4 is 10.6 Å². The van der Waals surface area contributed by atoms with E-state index in [0.29, 0.717) is 30.2 Å². The molecule has 3 aliphatic heterocycles. The Labute approximate surface area is 202 Å². The third-order valence-corrected chi connectivity index (χ3v) is 5.78. The number of anilines is 1. The second-order valence-electron chi connectivity index (χ2n) is 7.94. The van der Waals surface area contributed by atoms with E-state index in [2.05, 4.69) is 10.2 Å². The largest absolute Gasteiger partial charge is 0.381 e. The fraction of sp³-hybridized carbons (Fsp3) is 0.400. The Morgan fingerprint density at radius 2 is 1.88 bits per heavy atom. The van der Waals surface area contributed by atoms with Crippen molar-refractivity contribution >= 4 is 23.4 Å². The molecule has 0 aliphatic carbocycles. The Hall–Kier alpha value is -3.23. The Morgan fingerprint density at radius 3 is 2.67 bits per heavy atom. The van der Waals surface area contributed by atoms with E-state index in [4.69, 9.17) is 14.3 Å². The highest BCUT2D eigenvalue weighted by molar-refractivity contribution is 6.06. The minimum atomic E-state index is -3.39. The number of amides is 3. The number of rotatable bonds is 6. The Morgan fingerprint density at radius 1 is 1.12 bits per heavy atom. The topological polar surface area (TPSA) is 91.0 Å². The predicted molar refractivity (Wildman–Crippen MR) is 122 cm³/mol. The first kappa shape index (κ1) is 14.8. The molecule has 0 aromatic heterocycles. The summed E-state index contributed by atoms with van der Waals surface area (Å²) in [6, 6.07) is 8.33. The zero-order valence-electron chi connectivity index (χ0n) is 24.8. The van der Waals surface area contributed by atoms with Crippen molar-refractivity contribution in [3.8, 4) is 0 Å². The van der Waals surface area contributed by atoms with Gasteiger partial charge in [-0.05, 0) is 29.6 Å². The molecule has 2 saturated heterocycles. The highest BCUT2D eigenvalue weighted by atomic mass is 16.5. The molecule has 2 fully saturated rings. The first-order valence-electron chi connectivity index (χ1n) is 14.2. The number of hydrogen-bond acceptors (Lipinski definition) is 6. The molecule has 172 valence electrons. The molecule has 2 aromatic rings. The van der Waals surface area contributed by atoms with Crippen LogP contribution in [0, 0.1) is 0 Å². The summed E-state index contributed by atoms with van der Waals surface area (Å²) in [5, 5.41) is 4.48. The lowest BCUT2D eigenvalue weighted by Crippen LogP contribution is -2.52. The maximum Gasteiger partial charge on any atom is 0.255 e. The van der Waals surface area contributed by atoms with Gasteiger partial charge in [0.05, 0.1) is 17.3 Å². The highest BCUT2D eigenvalue weighted by Crippen LogP contribution is 2.32. The fourth-order valence-corrected chi connectivity index (χ4v) is 4.04. The summed E-state index contributed by atoms with van der Waals surface area (Å²) in [5.74, 6) is -3.90. The molecule has 0 unspecified atom stereocenters. The second-order valence-corrected chi connectivity index (χ2v) is 7.94. The van der Waals surface area contributed by atoms with Crippen molar-refractivity contribution in [3.05, 3.63) is 64.7 Å². The van der Waals surface area contributed by atoms with Gasteiger partial charge in [0.2, 0.25) is 11.8 Å². The summed E-state index contributed by atoms with van der Waals surface area (Å²) < 4.78 is 63.8. The molecular weight excluding hydrogens is 420 g/mol. The van der Waals surface area contributed by atoms with E-state index >= 15 is 0 Å². The Balaban J connectivity index is 1.39. The van der Waals surface area contributed by atoms with Crippen molar-refractivity contribution < 1.29 is 28.7 Å². The van der Waals surface area contributed by atoms with Gasteiger partial charge in [0.15, 0.2) is 0 Å². The lowest BCUT2D eigenvalue weighted by molar-refractivity contribution is -0.136. The van der Waals surface area contributed by atoms with E-state index in [9.17, 15) is 14.4 Å². The number of ether oxygens (including phenoxy) is 1. The number of carbonyl (C=O) groups excluding carboxylic acids is 3. The van der Waals surface area contributed by atoms with E-state index < -0.39 is 49.5 Å². The van der Waals surface area contributed by atoms with Gasteiger partial charge in [0.25, 0.3) is 5.91 Å². The SMILES string of the molecule is [2H]C([2H])(Nc1cccc2c1CN([C@]1([2H])C(=O)NC(=O)C([2H])([2H])C1([2H])[2H])C2=O)c1ccc(CN2CCOCC2)cc1. The molecule has 0 bridgehead atoms. The third-order valence-electron chi connectivity index (χ3n) is 5.78. The fourth-order valence-electron chi connectivity index (χ4n) is 4.04. The summed E-state index contributed by atoms with van der Waals surface area (Å²) in [6.45, 7) is 1.13. The molecule has 2 N–H and O–H groups in total. The van der Waals surface area contributed by atoms with Crippen LogP contribution >= 0.6 is 0 Å². The third kappa shape index (κ3) is 4.62. The second kappa shape index (κ2) is 9.33. The molecule has 5 rings (SSSR count). The number of benzene rings is 2. The average molecular weight is 456 g/mol. The maximum atomic E-state index is 13.3. The Kier molecular flexibility index (Phi) is 4.19. The van der Waals surface area contributed by atoms with Crippen LogP contribution in [-0.2, 0) is 33.9 Å². The number of hydrogen-bond donors (Lipinski definition) is 2. The molecule has 8 nitrogen and oxygen atoms in total. The minimum absolute atomic E-state index is 0.00865. The van der Waals surface area contributed by atoms with Crippen LogP contribution in [0.4, 0.5) is 5.69 Å². The average Bonchev–Trinajstić information content (AvgIpc) is 3.25. The van der Waals surface area contributed by atoms with E-state index in [1.807, 2.05) is 12.1 Å². The van der Waals surface area contributed by atoms with Gasteiger partial charge in [-0.2, -0.15) is 0 Å². The van der Waals surface area contributed by atoms with Crippen LogP contribution in [0.1, 0.15) is 49.4 Å². The first-order chi connectivity index (χ1) is 18.7. The summed E-state index contributed by atoms with van der Waals surface area (Å²) >= 11 is 0. The van der Waals surface area contributed by atoms with Gasteiger partial charge in [-0.25, -0.2) is 0 Å². The van der Waals surface area contributed by atoms with Crippen molar-refractivity contribution in [2.24, 2.45) is 0 Å². The number of nitrogens with one attached hydrogen (secondary N) is 2. The molecule has 0 saturated carbocycles. The lowest BCUT2D eigenvalue weighted by Gasteiger charge is -2.29. The number of fused-ring (bicyclic) bond motifs is 1. The van der Waals surface area contributed by atoms with Crippen LogP contribution in [-0.4, -0.2) is 59.8 Å². The van der Waals surface area contributed by atoms with Crippen molar-refractivity contribution in [2.75, 3.05) is 31.6 Å². The van der Waals surface area contributed by atoms with Gasteiger partial charge in [-0.15, -0.1) is 0 Å². The van der Waals surface area contributed by atoms with Gasteiger partial charge >= 0.3 is 0 Å². The number of nitrogens with zero attached hydrogens (tertiary/aromatic N) is 2. The normalized spacial score (nSPS) is 30.0.